The number of nitrogens with one attached hydrogen (secondary N) is 1. The number of aromatic amines is 1. The lowest BCUT2D eigenvalue weighted by atomic mass is 10.2. The lowest BCUT2D eigenvalue weighted by molar-refractivity contribution is 0.0500. The van der Waals surface area contributed by atoms with Crippen molar-refractivity contribution in [2.75, 3.05) is 6.61 Å². The fourth-order valence-electron chi connectivity index (χ4n) is 2.86. The van der Waals surface area contributed by atoms with Crippen LogP contribution in [0.3, 0.4) is 0 Å². The zero-order chi connectivity index (χ0) is 21.7. The van der Waals surface area contributed by atoms with Gasteiger partial charge in [0.15, 0.2) is 0 Å². The topological polar surface area (TPSA) is 76.4 Å². The number of rotatable bonds is 7. The Morgan fingerprint density at radius 1 is 1.20 bits per heavy atom. The fourth-order valence-corrected chi connectivity index (χ4v) is 3.06. The minimum absolute atomic E-state index is 0.201. The molecule has 6 nitrogen and oxygen atoms in total. The average molecular weight is 426 g/mol. The summed E-state index contributed by atoms with van der Waals surface area (Å²) in [5, 5.41) is 3.37. The highest BCUT2D eigenvalue weighted by atomic mass is 35.5. The third kappa shape index (κ3) is 4.89. The van der Waals surface area contributed by atoms with Gasteiger partial charge in [0.25, 0.3) is 5.56 Å². The van der Waals surface area contributed by atoms with Crippen molar-refractivity contribution in [3.8, 4) is 5.69 Å². The summed E-state index contributed by atoms with van der Waals surface area (Å²) in [4.78, 5) is 29.4. The van der Waals surface area contributed by atoms with E-state index in [-0.39, 0.29) is 11.1 Å². The second kappa shape index (κ2) is 9.59. The number of benzene rings is 2. The number of ether oxygens (including phenoxy) is 1. The number of hydrogen-bond acceptors (Lipinski definition) is 4. The summed E-state index contributed by atoms with van der Waals surface area (Å²) in [5.74, 6) is -0.481. The Morgan fingerprint density at radius 2 is 1.93 bits per heavy atom. The summed E-state index contributed by atoms with van der Waals surface area (Å²) in [6.07, 6.45) is 3.22. The molecule has 1 N–H and O–H groups in total. The third-order valence-electron chi connectivity index (χ3n) is 4.65. The Labute approximate surface area is 180 Å². The SMILES string of the molecule is CCCCOC(=O)c1cc(N=Cc2c(C)[nH]n(-c3ccc(C)cc3)c2=O)ccc1Cl. The molecular weight excluding hydrogens is 402 g/mol. The molecule has 7 heteroatoms. The number of halogens is 1. The summed E-state index contributed by atoms with van der Waals surface area (Å²) < 4.78 is 6.71. The molecule has 0 radical (unpaired) electrons. The van der Waals surface area contributed by atoms with Crippen LogP contribution in [0, 0.1) is 13.8 Å². The molecular formula is C23H24ClN3O3. The van der Waals surface area contributed by atoms with Crippen LogP contribution in [-0.4, -0.2) is 28.6 Å². The normalized spacial score (nSPS) is 11.2. The van der Waals surface area contributed by atoms with Crippen LogP contribution in [0.4, 0.5) is 5.69 Å². The predicted molar refractivity (Wildman–Crippen MR) is 120 cm³/mol. The van der Waals surface area contributed by atoms with Crippen LogP contribution in [-0.2, 0) is 4.74 Å². The monoisotopic (exact) mass is 425 g/mol. The molecule has 1 heterocycles. The van der Waals surface area contributed by atoms with Gasteiger partial charge >= 0.3 is 5.97 Å². The van der Waals surface area contributed by atoms with Crippen LogP contribution in [0.5, 0.6) is 0 Å². The number of hydrogen-bond donors (Lipinski definition) is 1. The molecule has 1 aromatic heterocycles. The molecule has 0 saturated heterocycles. The molecule has 30 heavy (non-hydrogen) atoms. The van der Waals surface area contributed by atoms with Gasteiger partial charge in [-0.1, -0.05) is 42.6 Å². The van der Waals surface area contributed by atoms with Crippen molar-refractivity contribution in [2.45, 2.75) is 33.6 Å². The van der Waals surface area contributed by atoms with Crippen LogP contribution in [0.15, 0.2) is 52.3 Å². The first-order valence-electron chi connectivity index (χ1n) is 9.80. The largest absolute Gasteiger partial charge is 0.462 e. The maximum atomic E-state index is 12.8. The highest BCUT2D eigenvalue weighted by Gasteiger charge is 2.14. The molecule has 0 amide bonds. The summed E-state index contributed by atoms with van der Waals surface area (Å²) in [7, 11) is 0. The second-order valence-corrected chi connectivity index (χ2v) is 7.45. The minimum atomic E-state index is -0.481. The maximum absolute atomic E-state index is 12.8. The first-order valence-corrected chi connectivity index (χ1v) is 10.2. The molecule has 3 rings (SSSR count). The van der Waals surface area contributed by atoms with E-state index in [1.165, 1.54) is 10.9 Å². The number of esters is 1. The van der Waals surface area contributed by atoms with E-state index in [4.69, 9.17) is 16.3 Å². The summed E-state index contributed by atoms with van der Waals surface area (Å²) in [6, 6.07) is 12.5. The van der Waals surface area contributed by atoms with Gasteiger partial charge in [-0.05, 0) is 50.6 Å². The number of aliphatic imine (C=N–C) groups is 1. The molecule has 0 atom stereocenters. The van der Waals surface area contributed by atoms with Gasteiger partial charge in [-0.25, -0.2) is 9.48 Å². The van der Waals surface area contributed by atoms with Crippen molar-refractivity contribution >= 4 is 29.5 Å². The number of carbonyl (C=O) groups is 1. The van der Waals surface area contributed by atoms with Gasteiger partial charge in [-0.3, -0.25) is 14.9 Å². The first-order chi connectivity index (χ1) is 14.4. The highest BCUT2D eigenvalue weighted by Crippen LogP contribution is 2.23. The van der Waals surface area contributed by atoms with Gasteiger partial charge in [-0.15, -0.1) is 0 Å². The molecule has 0 spiro atoms. The van der Waals surface area contributed by atoms with E-state index >= 15 is 0 Å². The van der Waals surface area contributed by atoms with Crippen LogP contribution in [0.2, 0.25) is 5.02 Å². The van der Waals surface area contributed by atoms with Crippen LogP contribution in [0.25, 0.3) is 5.69 Å². The van der Waals surface area contributed by atoms with E-state index < -0.39 is 5.97 Å². The van der Waals surface area contributed by atoms with E-state index in [1.54, 1.807) is 18.2 Å². The van der Waals surface area contributed by atoms with Gasteiger partial charge in [0.1, 0.15) is 0 Å². The molecule has 0 saturated carbocycles. The standard InChI is InChI=1S/C23H24ClN3O3/c1-4-5-12-30-23(29)19-13-17(8-11-21(19)24)25-14-20-16(3)26-27(22(20)28)18-9-6-15(2)7-10-18/h6-11,13-14,26H,4-5,12H2,1-3H3. The van der Waals surface area contributed by atoms with E-state index in [1.807, 2.05) is 45.0 Å². The lowest BCUT2D eigenvalue weighted by Crippen LogP contribution is -2.17. The summed E-state index contributed by atoms with van der Waals surface area (Å²) >= 11 is 6.14. The van der Waals surface area contributed by atoms with Gasteiger partial charge in [0.05, 0.1) is 34.1 Å². The highest BCUT2D eigenvalue weighted by molar-refractivity contribution is 6.33. The summed E-state index contributed by atoms with van der Waals surface area (Å²) in [5.41, 5.74) is 3.55. The number of carbonyl (C=O) groups excluding carboxylic acids is 1. The quantitative estimate of drug-likeness (QED) is 0.323. The van der Waals surface area contributed by atoms with Crippen molar-refractivity contribution in [2.24, 2.45) is 4.99 Å². The van der Waals surface area contributed by atoms with Crippen molar-refractivity contribution < 1.29 is 9.53 Å². The predicted octanol–water partition coefficient (Wildman–Crippen LogP) is 5.14. The number of H-pyrrole nitrogens is 1. The fraction of sp³-hybridized carbons (Fsp3) is 0.261. The number of aryl methyl sites for hydroxylation is 2. The molecule has 3 aromatic rings. The zero-order valence-electron chi connectivity index (χ0n) is 17.2. The number of aromatic nitrogens is 2. The Morgan fingerprint density at radius 3 is 2.63 bits per heavy atom. The molecule has 0 fully saturated rings. The zero-order valence-corrected chi connectivity index (χ0v) is 18.0. The molecule has 0 unspecified atom stereocenters. The number of nitrogens with zero attached hydrogens (tertiary/aromatic N) is 2. The second-order valence-electron chi connectivity index (χ2n) is 7.04. The molecule has 2 aromatic carbocycles. The van der Waals surface area contributed by atoms with E-state index in [0.29, 0.717) is 28.6 Å². The first kappa shape index (κ1) is 21.6. The minimum Gasteiger partial charge on any atom is -0.462 e. The molecule has 0 bridgehead atoms. The van der Waals surface area contributed by atoms with Crippen LogP contribution < -0.4 is 5.56 Å². The molecule has 0 aliphatic rings. The summed E-state index contributed by atoms with van der Waals surface area (Å²) in [6.45, 7) is 6.17. The lowest BCUT2D eigenvalue weighted by Gasteiger charge is -2.06. The Bertz CT molecular complexity index is 1130. The molecule has 0 aliphatic heterocycles. The third-order valence-corrected chi connectivity index (χ3v) is 4.98. The van der Waals surface area contributed by atoms with Crippen LogP contribution >= 0.6 is 11.6 Å². The van der Waals surface area contributed by atoms with Crippen LogP contribution in [0.1, 0.15) is 46.9 Å². The van der Waals surface area contributed by atoms with Gasteiger partial charge < -0.3 is 4.74 Å². The van der Waals surface area contributed by atoms with Crippen molar-refractivity contribution in [1.29, 1.82) is 0 Å². The van der Waals surface area contributed by atoms with E-state index in [2.05, 4.69) is 10.1 Å². The smallest absolute Gasteiger partial charge is 0.339 e. The van der Waals surface area contributed by atoms with E-state index in [0.717, 1.165) is 24.1 Å². The molecule has 0 aliphatic carbocycles. The Kier molecular flexibility index (Phi) is 6.90. The van der Waals surface area contributed by atoms with E-state index in [9.17, 15) is 9.59 Å². The average Bonchev–Trinajstić information content (AvgIpc) is 3.01. The van der Waals surface area contributed by atoms with Crippen molar-refractivity contribution in [1.82, 2.24) is 9.78 Å². The number of unbranched alkanes of at least 4 members (excludes halogenated alkanes) is 1. The van der Waals surface area contributed by atoms with Crippen molar-refractivity contribution in [3.63, 3.8) is 0 Å². The van der Waals surface area contributed by atoms with Crippen molar-refractivity contribution in [3.05, 3.63) is 80.2 Å². The van der Waals surface area contributed by atoms with Gasteiger partial charge in [0.2, 0.25) is 0 Å². The van der Waals surface area contributed by atoms with Gasteiger partial charge in [-0.2, -0.15) is 0 Å². The van der Waals surface area contributed by atoms with Gasteiger partial charge in [0, 0.05) is 11.9 Å². The Hall–Kier alpha value is -3.12. The Balaban J connectivity index is 1.86. The molecule has 156 valence electrons. The maximum Gasteiger partial charge on any atom is 0.339 e.